The molecule has 2 aromatic carbocycles. The van der Waals surface area contributed by atoms with Gasteiger partial charge in [0.15, 0.2) is 5.78 Å². The first-order valence-electron chi connectivity index (χ1n) is 7.91. The van der Waals surface area contributed by atoms with Gasteiger partial charge < -0.3 is 0 Å². The Morgan fingerprint density at radius 3 is 2.57 bits per heavy atom. The number of carbonyl (C=O) groups excluding carboxylic acids is 2. The minimum atomic E-state index is -0.0212. The number of nitrogens with zero attached hydrogens (tertiary/aromatic N) is 2. The molecule has 23 heavy (non-hydrogen) atoms. The van der Waals surface area contributed by atoms with Crippen molar-refractivity contribution in [1.29, 1.82) is 0 Å². The Kier molecular flexibility index (Phi) is 3.11. The lowest BCUT2D eigenvalue weighted by Gasteiger charge is -2.13. The summed E-state index contributed by atoms with van der Waals surface area (Å²) in [6.07, 6.45) is 2.27. The predicted octanol–water partition coefficient (Wildman–Crippen LogP) is 4.08. The molecule has 4 rings (SSSR count). The minimum absolute atomic E-state index is 0.000688. The molecule has 1 aliphatic rings. The molecule has 114 valence electrons. The van der Waals surface area contributed by atoms with Gasteiger partial charge in [-0.15, -0.1) is 0 Å². The minimum Gasteiger partial charge on any atom is -0.289 e. The summed E-state index contributed by atoms with van der Waals surface area (Å²) < 4.78 is 1.47. The van der Waals surface area contributed by atoms with E-state index in [1.165, 1.54) is 4.68 Å². The second-order valence-corrected chi connectivity index (χ2v) is 5.83. The van der Waals surface area contributed by atoms with E-state index in [1.807, 2.05) is 42.5 Å². The maximum absolute atomic E-state index is 12.7. The zero-order chi connectivity index (χ0) is 16.0. The molecule has 3 aromatic rings. The first-order valence-corrected chi connectivity index (χ1v) is 7.91. The number of carbonyl (C=O) groups is 2. The monoisotopic (exact) mass is 304 g/mol. The molecule has 0 aliphatic heterocycles. The molecular weight excluding hydrogens is 288 g/mol. The number of aromatic nitrogens is 2. The predicted molar refractivity (Wildman–Crippen MR) is 88.8 cm³/mol. The molecule has 0 spiro atoms. The Labute approximate surface area is 133 Å². The highest BCUT2D eigenvalue weighted by molar-refractivity contribution is 6.25. The summed E-state index contributed by atoms with van der Waals surface area (Å²) >= 11 is 0. The molecule has 0 saturated carbocycles. The summed E-state index contributed by atoms with van der Waals surface area (Å²) in [7, 11) is 0. The second-order valence-electron chi connectivity index (χ2n) is 5.83. The van der Waals surface area contributed by atoms with Gasteiger partial charge in [0.25, 0.3) is 0 Å². The Bertz CT molecular complexity index is 953. The van der Waals surface area contributed by atoms with Crippen LogP contribution in [0.5, 0.6) is 0 Å². The van der Waals surface area contributed by atoms with Gasteiger partial charge in [0.1, 0.15) is 5.69 Å². The number of benzene rings is 2. The lowest BCUT2D eigenvalue weighted by atomic mass is 9.87. The zero-order valence-corrected chi connectivity index (χ0v) is 12.9. The maximum Gasteiger partial charge on any atom is 0.247 e. The van der Waals surface area contributed by atoms with E-state index in [0.29, 0.717) is 17.5 Å². The van der Waals surface area contributed by atoms with Gasteiger partial charge in [-0.05, 0) is 12.5 Å². The zero-order valence-electron chi connectivity index (χ0n) is 12.9. The molecule has 0 fully saturated rings. The topological polar surface area (TPSA) is 52.0 Å². The molecule has 0 saturated heterocycles. The molecule has 4 heteroatoms. The molecule has 1 aromatic heterocycles. The fraction of sp³-hybridized carbons (Fsp3) is 0.211. The highest BCUT2D eigenvalue weighted by Gasteiger charge is 2.29. The highest BCUT2D eigenvalue weighted by Crippen LogP contribution is 2.38. The van der Waals surface area contributed by atoms with Crippen molar-refractivity contribution in [3.63, 3.8) is 0 Å². The first kappa shape index (κ1) is 13.9. The van der Waals surface area contributed by atoms with Gasteiger partial charge in [-0.2, -0.15) is 9.78 Å². The van der Waals surface area contributed by atoms with Crippen molar-refractivity contribution >= 4 is 22.6 Å². The summed E-state index contributed by atoms with van der Waals surface area (Å²) in [5.74, 6) is -0.0219. The number of ketones is 1. The van der Waals surface area contributed by atoms with Gasteiger partial charge in [-0.25, -0.2) is 0 Å². The van der Waals surface area contributed by atoms with Crippen LogP contribution in [0.1, 0.15) is 46.9 Å². The van der Waals surface area contributed by atoms with Crippen LogP contribution < -0.4 is 0 Å². The van der Waals surface area contributed by atoms with Gasteiger partial charge >= 0.3 is 0 Å². The van der Waals surface area contributed by atoms with Crippen LogP contribution in [0, 0.1) is 0 Å². The maximum atomic E-state index is 12.7. The van der Waals surface area contributed by atoms with Crippen LogP contribution in [0.4, 0.5) is 0 Å². The molecule has 0 unspecified atom stereocenters. The van der Waals surface area contributed by atoms with Gasteiger partial charge in [0.2, 0.25) is 5.91 Å². The quantitative estimate of drug-likeness (QED) is 0.573. The molecule has 0 radical (unpaired) electrons. The third-order valence-electron chi connectivity index (χ3n) is 4.36. The molecule has 1 heterocycles. The smallest absolute Gasteiger partial charge is 0.247 e. The van der Waals surface area contributed by atoms with Crippen molar-refractivity contribution in [3.8, 4) is 11.3 Å². The average Bonchev–Trinajstić information content (AvgIpc) is 2.98. The number of rotatable bonds is 3. The largest absolute Gasteiger partial charge is 0.289 e. The van der Waals surface area contributed by atoms with Crippen molar-refractivity contribution in [3.05, 3.63) is 53.6 Å². The number of hydrogen-bond donors (Lipinski definition) is 0. The molecular formula is C19H16N2O2. The fourth-order valence-corrected chi connectivity index (χ4v) is 3.20. The van der Waals surface area contributed by atoms with E-state index in [2.05, 4.69) is 12.0 Å². The first-order chi connectivity index (χ1) is 11.2. The van der Waals surface area contributed by atoms with Crippen molar-refractivity contribution in [1.82, 2.24) is 9.78 Å². The number of unbranched alkanes of at least 4 members (excludes halogenated alkanes) is 1. The molecule has 0 amide bonds. The third kappa shape index (κ3) is 1.95. The van der Waals surface area contributed by atoms with E-state index in [4.69, 9.17) is 0 Å². The second kappa shape index (κ2) is 5.16. The Balaban J connectivity index is 2.00. The van der Waals surface area contributed by atoms with Crippen molar-refractivity contribution < 1.29 is 9.59 Å². The summed E-state index contributed by atoms with van der Waals surface area (Å²) in [5.41, 5.74) is 3.55. The van der Waals surface area contributed by atoms with E-state index < -0.39 is 0 Å². The Hall–Kier alpha value is -2.75. The third-order valence-corrected chi connectivity index (χ3v) is 4.36. The van der Waals surface area contributed by atoms with Gasteiger partial charge in [-0.3, -0.25) is 9.59 Å². The molecule has 4 nitrogen and oxygen atoms in total. The van der Waals surface area contributed by atoms with Crippen molar-refractivity contribution in [2.75, 3.05) is 0 Å². The standard InChI is InChI=1S/C19H16N2O2/c1-2-3-11-16(22)21-15-10-6-9-14-17(15)18(20-21)12-7-4-5-8-13(12)19(14)23/h4-10H,2-3,11H2,1H3. The summed E-state index contributed by atoms with van der Waals surface area (Å²) in [4.78, 5) is 25.2. The lowest BCUT2D eigenvalue weighted by Crippen LogP contribution is -2.11. The molecule has 0 N–H and O–H groups in total. The highest BCUT2D eigenvalue weighted by atomic mass is 16.2. The van der Waals surface area contributed by atoms with E-state index in [0.717, 1.165) is 35.0 Å². The number of hydrogen-bond acceptors (Lipinski definition) is 3. The van der Waals surface area contributed by atoms with Gasteiger partial charge in [-0.1, -0.05) is 49.7 Å². The summed E-state index contributed by atoms with van der Waals surface area (Å²) in [6, 6.07) is 12.9. The Morgan fingerprint density at radius 1 is 1.04 bits per heavy atom. The van der Waals surface area contributed by atoms with Crippen molar-refractivity contribution in [2.24, 2.45) is 0 Å². The lowest BCUT2D eigenvalue weighted by molar-refractivity contribution is 0.0889. The van der Waals surface area contributed by atoms with Crippen LogP contribution in [0.25, 0.3) is 22.2 Å². The van der Waals surface area contributed by atoms with Crippen LogP contribution in [-0.2, 0) is 0 Å². The van der Waals surface area contributed by atoms with E-state index in [1.54, 1.807) is 0 Å². The van der Waals surface area contributed by atoms with Gasteiger partial charge in [0, 0.05) is 28.5 Å². The SMILES string of the molecule is CCCCC(=O)n1nc2c3c(cccc31)C(=O)c1ccccc1-2. The Morgan fingerprint density at radius 2 is 1.78 bits per heavy atom. The van der Waals surface area contributed by atoms with E-state index >= 15 is 0 Å². The summed E-state index contributed by atoms with van der Waals surface area (Å²) in [6.45, 7) is 2.06. The van der Waals surface area contributed by atoms with Crippen molar-refractivity contribution in [2.45, 2.75) is 26.2 Å². The summed E-state index contributed by atoms with van der Waals surface area (Å²) in [5, 5.41) is 5.36. The normalized spacial score (nSPS) is 12.5. The van der Waals surface area contributed by atoms with Crippen LogP contribution in [-0.4, -0.2) is 21.5 Å². The van der Waals surface area contributed by atoms with Gasteiger partial charge in [0.05, 0.1) is 5.52 Å². The molecule has 0 bridgehead atoms. The molecule has 0 atom stereocenters. The van der Waals surface area contributed by atoms with Crippen LogP contribution in [0.15, 0.2) is 42.5 Å². The average molecular weight is 304 g/mol. The van der Waals surface area contributed by atoms with Crippen LogP contribution in [0.3, 0.4) is 0 Å². The van der Waals surface area contributed by atoms with Crippen LogP contribution in [0.2, 0.25) is 0 Å². The fourth-order valence-electron chi connectivity index (χ4n) is 3.20. The van der Waals surface area contributed by atoms with E-state index in [-0.39, 0.29) is 11.7 Å². The van der Waals surface area contributed by atoms with E-state index in [9.17, 15) is 9.59 Å². The van der Waals surface area contributed by atoms with Crippen LogP contribution >= 0.6 is 0 Å². The molecule has 1 aliphatic carbocycles. The number of fused-ring (bicyclic) bond motifs is 2.